The van der Waals surface area contributed by atoms with Crippen molar-refractivity contribution in [2.45, 2.75) is 13.0 Å². The van der Waals surface area contributed by atoms with Gasteiger partial charge in [-0.3, -0.25) is 4.79 Å². The molecule has 156 valence electrons. The van der Waals surface area contributed by atoms with Crippen molar-refractivity contribution >= 4 is 33.7 Å². The second-order valence-corrected chi connectivity index (χ2v) is 7.15. The molecule has 0 aromatic heterocycles. The smallest absolute Gasteiger partial charge is 0.273 e. The Morgan fingerprint density at radius 2 is 1.90 bits per heavy atom. The molecule has 2 rings (SSSR count). The third kappa shape index (κ3) is 5.95. The van der Waals surface area contributed by atoms with Crippen LogP contribution in [0.5, 0.6) is 11.5 Å². The molecule has 0 saturated heterocycles. The molecule has 2 aromatic rings. The fourth-order valence-corrected chi connectivity index (χ4v) is 3.30. The van der Waals surface area contributed by atoms with Gasteiger partial charge >= 0.3 is 0 Å². The summed E-state index contributed by atoms with van der Waals surface area (Å²) in [6, 6.07) is 11.2. The van der Waals surface area contributed by atoms with E-state index in [1.807, 2.05) is 56.3 Å². The maximum absolute atomic E-state index is 12.6. The highest BCUT2D eigenvalue weighted by atomic mass is 79.9. The number of hydrazone groups is 1. The van der Waals surface area contributed by atoms with E-state index in [2.05, 4.69) is 26.5 Å². The van der Waals surface area contributed by atoms with E-state index >= 15 is 0 Å². The van der Waals surface area contributed by atoms with Crippen LogP contribution in [0, 0.1) is 0 Å². The number of benzene rings is 2. The number of methoxy groups -OCH3 is 2. The van der Waals surface area contributed by atoms with Crippen LogP contribution in [0.1, 0.15) is 24.2 Å². The van der Waals surface area contributed by atoms with Crippen molar-refractivity contribution in [2.24, 2.45) is 5.10 Å². The molecule has 0 fully saturated rings. The molecule has 8 heteroatoms. The summed E-state index contributed by atoms with van der Waals surface area (Å²) in [6.07, 6.45) is 0.786. The lowest BCUT2D eigenvalue weighted by Gasteiger charge is -2.17. The molecule has 0 aliphatic heterocycles. The van der Waals surface area contributed by atoms with Crippen LogP contribution < -0.4 is 19.8 Å². The summed E-state index contributed by atoms with van der Waals surface area (Å²) in [5.41, 5.74) is 5.09. The molecule has 7 nitrogen and oxygen atoms in total. The van der Waals surface area contributed by atoms with Crippen LogP contribution in [0.15, 0.2) is 46.0 Å². The number of nitrogens with zero attached hydrogens (tertiary/aromatic N) is 2. The number of anilines is 1. The summed E-state index contributed by atoms with van der Waals surface area (Å²) in [4.78, 5) is 14.6. The standard InChI is InChI=1S/C21H26BrN3O4/c1-6-29-19(15-7-9-16(10-8-15)25(2)3)21(26)24-23-13-14-11-17(22)20(28-5)18(12-14)27-4/h7-13,19H,6H2,1-5H3,(H,24,26)/b23-13+. The predicted octanol–water partition coefficient (Wildman–Crippen LogP) is 3.76. The highest BCUT2D eigenvalue weighted by Crippen LogP contribution is 2.35. The van der Waals surface area contributed by atoms with Gasteiger partial charge < -0.3 is 19.1 Å². The third-order valence-electron chi connectivity index (χ3n) is 4.13. The van der Waals surface area contributed by atoms with E-state index in [1.54, 1.807) is 20.3 Å². The van der Waals surface area contributed by atoms with Crippen LogP contribution in [0.3, 0.4) is 0 Å². The number of nitrogens with one attached hydrogen (secondary N) is 1. The summed E-state index contributed by atoms with van der Waals surface area (Å²) in [5.74, 6) is 0.800. The minimum Gasteiger partial charge on any atom is -0.493 e. The van der Waals surface area contributed by atoms with Crippen molar-refractivity contribution in [2.75, 3.05) is 39.8 Å². The summed E-state index contributed by atoms with van der Waals surface area (Å²) in [5, 5.41) is 4.06. The van der Waals surface area contributed by atoms with Crippen molar-refractivity contribution in [1.82, 2.24) is 5.43 Å². The zero-order valence-electron chi connectivity index (χ0n) is 17.2. The third-order valence-corrected chi connectivity index (χ3v) is 4.72. The second-order valence-electron chi connectivity index (χ2n) is 6.29. The van der Waals surface area contributed by atoms with E-state index in [0.717, 1.165) is 21.3 Å². The van der Waals surface area contributed by atoms with Gasteiger partial charge in [-0.15, -0.1) is 0 Å². The van der Waals surface area contributed by atoms with E-state index in [4.69, 9.17) is 14.2 Å². The second kappa shape index (κ2) is 10.8. The number of rotatable bonds is 9. The maximum Gasteiger partial charge on any atom is 0.273 e. The first-order chi connectivity index (χ1) is 13.9. The number of carbonyl (C=O) groups excluding carboxylic acids is 1. The van der Waals surface area contributed by atoms with Crippen LogP contribution in [-0.4, -0.2) is 47.0 Å². The van der Waals surface area contributed by atoms with Crippen molar-refractivity contribution in [1.29, 1.82) is 0 Å². The van der Waals surface area contributed by atoms with Gasteiger partial charge in [-0.2, -0.15) is 5.10 Å². The molecule has 0 aliphatic carbocycles. The average molecular weight is 464 g/mol. The molecular weight excluding hydrogens is 438 g/mol. The Morgan fingerprint density at radius 1 is 1.21 bits per heavy atom. The largest absolute Gasteiger partial charge is 0.493 e. The molecule has 0 aliphatic rings. The average Bonchev–Trinajstić information content (AvgIpc) is 2.71. The fraction of sp³-hybridized carbons (Fsp3) is 0.333. The predicted molar refractivity (Wildman–Crippen MR) is 118 cm³/mol. The van der Waals surface area contributed by atoms with Crippen LogP contribution in [0.25, 0.3) is 0 Å². The zero-order chi connectivity index (χ0) is 21.4. The number of carbonyl (C=O) groups is 1. The molecule has 0 bridgehead atoms. The first kappa shape index (κ1) is 22.7. The summed E-state index contributed by atoms with van der Waals surface area (Å²) in [6.45, 7) is 2.25. The fourth-order valence-electron chi connectivity index (χ4n) is 2.68. The highest BCUT2D eigenvalue weighted by molar-refractivity contribution is 9.10. The van der Waals surface area contributed by atoms with Crippen LogP contribution >= 0.6 is 15.9 Å². The normalized spacial score (nSPS) is 11.9. The molecule has 1 N–H and O–H groups in total. The number of ether oxygens (including phenoxy) is 3. The Bertz CT molecular complexity index is 854. The molecule has 29 heavy (non-hydrogen) atoms. The van der Waals surface area contributed by atoms with Gasteiger partial charge in [0.25, 0.3) is 5.91 Å². The Kier molecular flexibility index (Phi) is 8.48. The maximum atomic E-state index is 12.6. The van der Waals surface area contributed by atoms with Crippen molar-refractivity contribution in [3.05, 3.63) is 52.0 Å². The van der Waals surface area contributed by atoms with E-state index in [1.165, 1.54) is 6.21 Å². The minimum absolute atomic E-state index is 0.347. The monoisotopic (exact) mass is 463 g/mol. The minimum atomic E-state index is -0.745. The lowest BCUT2D eigenvalue weighted by Crippen LogP contribution is -2.27. The molecule has 0 spiro atoms. The van der Waals surface area contributed by atoms with Crippen molar-refractivity contribution < 1.29 is 19.0 Å². The number of halogens is 1. The molecule has 1 atom stereocenters. The quantitative estimate of drug-likeness (QED) is 0.452. The Labute approximate surface area is 179 Å². The molecule has 2 aromatic carbocycles. The number of hydrogen-bond donors (Lipinski definition) is 1. The van der Waals surface area contributed by atoms with Crippen LogP contribution in [0.4, 0.5) is 5.69 Å². The van der Waals surface area contributed by atoms with Gasteiger partial charge in [-0.05, 0) is 58.2 Å². The van der Waals surface area contributed by atoms with E-state index in [0.29, 0.717) is 18.1 Å². The van der Waals surface area contributed by atoms with Gasteiger partial charge in [-0.25, -0.2) is 5.43 Å². The van der Waals surface area contributed by atoms with Gasteiger partial charge in [0.2, 0.25) is 0 Å². The summed E-state index contributed by atoms with van der Waals surface area (Å²) in [7, 11) is 7.04. The molecule has 0 radical (unpaired) electrons. The first-order valence-corrected chi connectivity index (χ1v) is 9.83. The lowest BCUT2D eigenvalue weighted by atomic mass is 10.1. The van der Waals surface area contributed by atoms with Gasteiger partial charge in [0.05, 0.1) is 24.9 Å². The van der Waals surface area contributed by atoms with Crippen LogP contribution in [0.2, 0.25) is 0 Å². The topological polar surface area (TPSA) is 72.4 Å². The van der Waals surface area contributed by atoms with Gasteiger partial charge in [0.15, 0.2) is 17.6 Å². The Morgan fingerprint density at radius 3 is 2.45 bits per heavy atom. The molecular formula is C21H26BrN3O4. The summed E-state index contributed by atoms with van der Waals surface area (Å²) >= 11 is 3.43. The van der Waals surface area contributed by atoms with E-state index < -0.39 is 6.10 Å². The van der Waals surface area contributed by atoms with Gasteiger partial charge in [0, 0.05) is 26.4 Å². The molecule has 1 amide bonds. The Hall–Kier alpha value is -2.58. The Balaban J connectivity index is 2.13. The zero-order valence-corrected chi connectivity index (χ0v) is 18.8. The molecule has 1 unspecified atom stereocenters. The van der Waals surface area contributed by atoms with E-state index in [9.17, 15) is 4.79 Å². The van der Waals surface area contributed by atoms with Crippen molar-refractivity contribution in [3.63, 3.8) is 0 Å². The number of hydrogen-bond acceptors (Lipinski definition) is 6. The number of amides is 1. The van der Waals surface area contributed by atoms with E-state index in [-0.39, 0.29) is 5.91 Å². The molecule has 0 saturated carbocycles. The van der Waals surface area contributed by atoms with Crippen LogP contribution in [-0.2, 0) is 9.53 Å². The van der Waals surface area contributed by atoms with Crippen molar-refractivity contribution in [3.8, 4) is 11.5 Å². The lowest BCUT2D eigenvalue weighted by molar-refractivity contribution is -0.132. The van der Waals surface area contributed by atoms with Gasteiger partial charge in [-0.1, -0.05) is 12.1 Å². The van der Waals surface area contributed by atoms with Gasteiger partial charge in [0.1, 0.15) is 0 Å². The SMILES string of the molecule is CCOC(C(=O)N/N=C/c1cc(Br)c(OC)c(OC)c1)c1ccc(N(C)C)cc1. The molecule has 0 heterocycles. The summed E-state index contributed by atoms with van der Waals surface area (Å²) < 4.78 is 17.0. The highest BCUT2D eigenvalue weighted by Gasteiger charge is 2.20. The first-order valence-electron chi connectivity index (χ1n) is 9.04.